The minimum Gasteiger partial charge on any atom is -0.469 e. The van der Waals surface area contributed by atoms with E-state index in [1.807, 2.05) is 0 Å². The lowest BCUT2D eigenvalue weighted by Crippen LogP contribution is -2.44. The number of halogens is 3. The van der Waals surface area contributed by atoms with Crippen LogP contribution in [-0.2, 0) is 16.0 Å². The molecule has 1 aromatic rings. The molecule has 4 nitrogen and oxygen atoms in total. The third-order valence-corrected chi connectivity index (χ3v) is 3.85. The summed E-state index contributed by atoms with van der Waals surface area (Å²) in [5.74, 6) is -0.602. The summed E-state index contributed by atoms with van der Waals surface area (Å²) in [7, 11) is 1.33. The van der Waals surface area contributed by atoms with Gasteiger partial charge in [0.1, 0.15) is 5.75 Å². The van der Waals surface area contributed by atoms with Crippen LogP contribution in [0.15, 0.2) is 24.3 Å². The number of nitrogens with one attached hydrogen (secondary N) is 1. The summed E-state index contributed by atoms with van der Waals surface area (Å²) in [6, 6.07) is 5.74. The molecule has 0 radical (unpaired) electrons. The highest BCUT2D eigenvalue weighted by Crippen LogP contribution is 2.35. The van der Waals surface area contributed by atoms with Crippen LogP contribution in [0.3, 0.4) is 0 Å². The largest absolute Gasteiger partial charge is 0.573 e. The predicted octanol–water partition coefficient (Wildman–Crippen LogP) is 2.67. The molecule has 22 heavy (non-hydrogen) atoms. The highest BCUT2D eigenvalue weighted by atomic mass is 19.4. The van der Waals surface area contributed by atoms with E-state index in [0.29, 0.717) is 37.9 Å². The SMILES string of the molecule is COC(=O)C1(Cc2cccc(OC(F)(F)F)c2)CCNCC1. The molecule has 7 heteroatoms. The Hall–Kier alpha value is -1.76. The zero-order valence-electron chi connectivity index (χ0n) is 12.2. The Balaban J connectivity index is 2.19. The zero-order chi connectivity index (χ0) is 16.2. The van der Waals surface area contributed by atoms with Gasteiger partial charge in [-0.15, -0.1) is 13.2 Å². The van der Waals surface area contributed by atoms with Gasteiger partial charge in [0.25, 0.3) is 0 Å². The quantitative estimate of drug-likeness (QED) is 0.868. The van der Waals surface area contributed by atoms with Gasteiger partial charge in [-0.3, -0.25) is 4.79 Å². The first-order chi connectivity index (χ1) is 10.3. The van der Waals surface area contributed by atoms with Gasteiger partial charge in [0.05, 0.1) is 12.5 Å². The third kappa shape index (κ3) is 4.13. The molecule has 1 aliphatic rings. The Morgan fingerprint density at radius 1 is 1.32 bits per heavy atom. The van der Waals surface area contributed by atoms with Gasteiger partial charge in [0.15, 0.2) is 0 Å². The minimum absolute atomic E-state index is 0.279. The first-order valence-corrected chi connectivity index (χ1v) is 6.98. The molecule has 0 aromatic heterocycles. The number of piperidine rings is 1. The van der Waals surface area contributed by atoms with E-state index in [9.17, 15) is 18.0 Å². The Morgan fingerprint density at radius 2 is 2.00 bits per heavy atom. The lowest BCUT2D eigenvalue weighted by molar-refractivity contribution is -0.274. The topological polar surface area (TPSA) is 47.6 Å². The average molecular weight is 317 g/mol. The first kappa shape index (κ1) is 16.6. The summed E-state index contributed by atoms with van der Waals surface area (Å²) in [6.07, 6.45) is -3.22. The van der Waals surface area contributed by atoms with Crippen LogP contribution >= 0.6 is 0 Å². The van der Waals surface area contributed by atoms with Gasteiger partial charge >= 0.3 is 12.3 Å². The van der Waals surface area contributed by atoms with Gasteiger partial charge in [0, 0.05) is 0 Å². The highest BCUT2D eigenvalue weighted by molar-refractivity contribution is 5.77. The number of hydrogen-bond acceptors (Lipinski definition) is 4. The number of carbonyl (C=O) groups is 1. The molecule has 1 aromatic carbocycles. The average Bonchev–Trinajstić information content (AvgIpc) is 2.46. The lowest BCUT2D eigenvalue weighted by atomic mass is 9.74. The van der Waals surface area contributed by atoms with Gasteiger partial charge < -0.3 is 14.8 Å². The van der Waals surface area contributed by atoms with Crippen LogP contribution in [0.25, 0.3) is 0 Å². The van der Waals surface area contributed by atoms with Gasteiger partial charge in [-0.1, -0.05) is 12.1 Å². The van der Waals surface area contributed by atoms with Crippen molar-refractivity contribution in [3.8, 4) is 5.75 Å². The number of alkyl halides is 3. The van der Waals surface area contributed by atoms with E-state index in [2.05, 4.69) is 10.1 Å². The lowest BCUT2D eigenvalue weighted by Gasteiger charge is -2.35. The molecule has 1 aliphatic heterocycles. The Kier molecular flexibility index (Phi) is 4.95. The summed E-state index contributed by atoms with van der Waals surface area (Å²) >= 11 is 0. The molecule has 1 heterocycles. The second-order valence-electron chi connectivity index (χ2n) is 5.39. The molecule has 0 unspecified atom stereocenters. The Morgan fingerprint density at radius 3 is 2.59 bits per heavy atom. The van der Waals surface area contributed by atoms with Crippen molar-refractivity contribution in [2.24, 2.45) is 5.41 Å². The number of hydrogen-bond donors (Lipinski definition) is 1. The number of rotatable bonds is 4. The van der Waals surface area contributed by atoms with Gasteiger partial charge in [-0.2, -0.15) is 0 Å². The molecule has 2 rings (SSSR count). The van der Waals surface area contributed by atoms with Crippen molar-refractivity contribution in [1.29, 1.82) is 0 Å². The van der Waals surface area contributed by atoms with Crippen molar-refractivity contribution < 1.29 is 27.4 Å². The molecule has 0 amide bonds. The van der Waals surface area contributed by atoms with Gasteiger partial charge in [0.2, 0.25) is 0 Å². The van der Waals surface area contributed by atoms with E-state index < -0.39 is 11.8 Å². The number of ether oxygens (including phenoxy) is 2. The maximum Gasteiger partial charge on any atom is 0.573 e. The molecule has 122 valence electrons. The Labute approximate surface area is 126 Å². The second-order valence-corrected chi connectivity index (χ2v) is 5.39. The van der Waals surface area contributed by atoms with Crippen LogP contribution in [0.2, 0.25) is 0 Å². The molecule has 0 atom stereocenters. The minimum atomic E-state index is -4.73. The molecule has 0 spiro atoms. The smallest absolute Gasteiger partial charge is 0.469 e. The van der Waals surface area contributed by atoms with Crippen LogP contribution in [0.5, 0.6) is 5.75 Å². The first-order valence-electron chi connectivity index (χ1n) is 6.98. The zero-order valence-corrected chi connectivity index (χ0v) is 12.2. The van der Waals surface area contributed by atoms with Crippen LogP contribution in [0, 0.1) is 5.41 Å². The standard InChI is InChI=1S/C15H18F3NO3/c1-21-13(20)14(5-7-19-8-6-14)10-11-3-2-4-12(9-11)22-15(16,17)18/h2-4,9,19H,5-8,10H2,1H3. The van der Waals surface area contributed by atoms with Crippen molar-refractivity contribution in [2.45, 2.75) is 25.6 Å². The fraction of sp³-hybridized carbons (Fsp3) is 0.533. The molecular formula is C15H18F3NO3. The predicted molar refractivity (Wildman–Crippen MR) is 73.4 cm³/mol. The summed E-state index contributed by atoms with van der Waals surface area (Å²) in [6.45, 7) is 1.35. The molecular weight excluding hydrogens is 299 g/mol. The third-order valence-electron chi connectivity index (χ3n) is 3.85. The number of methoxy groups -OCH3 is 1. The van der Waals surface area contributed by atoms with Crippen LogP contribution in [0.4, 0.5) is 13.2 Å². The monoisotopic (exact) mass is 317 g/mol. The van der Waals surface area contributed by atoms with E-state index in [4.69, 9.17) is 4.74 Å². The molecule has 1 N–H and O–H groups in total. The van der Waals surface area contributed by atoms with E-state index in [1.54, 1.807) is 6.07 Å². The normalized spacial score (nSPS) is 17.8. The number of carbonyl (C=O) groups excluding carboxylic acids is 1. The van der Waals surface area contributed by atoms with Crippen molar-refractivity contribution in [3.05, 3.63) is 29.8 Å². The van der Waals surface area contributed by atoms with Crippen molar-refractivity contribution in [2.75, 3.05) is 20.2 Å². The fourth-order valence-corrected chi connectivity index (χ4v) is 2.82. The summed E-state index contributed by atoms with van der Waals surface area (Å²) in [5.41, 5.74) is -0.0781. The van der Waals surface area contributed by atoms with Crippen LogP contribution < -0.4 is 10.1 Å². The molecule has 0 bridgehead atoms. The van der Waals surface area contributed by atoms with Crippen LogP contribution in [-0.4, -0.2) is 32.5 Å². The maximum absolute atomic E-state index is 12.3. The molecule has 0 aliphatic carbocycles. The fourth-order valence-electron chi connectivity index (χ4n) is 2.82. The molecule has 1 saturated heterocycles. The van der Waals surface area contributed by atoms with Gasteiger partial charge in [-0.25, -0.2) is 0 Å². The summed E-state index contributed by atoms with van der Waals surface area (Å²) in [4.78, 5) is 12.1. The van der Waals surface area contributed by atoms with E-state index >= 15 is 0 Å². The highest BCUT2D eigenvalue weighted by Gasteiger charge is 2.40. The van der Waals surface area contributed by atoms with E-state index in [1.165, 1.54) is 25.3 Å². The summed E-state index contributed by atoms with van der Waals surface area (Å²) < 4.78 is 45.7. The second kappa shape index (κ2) is 6.56. The van der Waals surface area contributed by atoms with E-state index in [0.717, 1.165) is 0 Å². The summed E-state index contributed by atoms with van der Waals surface area (Å²) in [5, 5.41) is 3.17. The maximum atomic E-state index is 12.3. The molecule has 1 fully saturated rings. The number of esters is 1. The van der Waals surface area contributed by atoms with Gasteiger partial charge in [-0.05, 0) is 50.0 Å². The van der Waals surface area contributed by atoms with Crippen molar-refractivity contribution >= 4 is 5.97 Å². The number of benzene rings is 1. The van der Waals surface area contributed by atoms with Crippen LogP contribution in [0.1, 0.15) is 18.4 Å². The van der Waals surface area contributed by atoms with E-state index in [-0.39, 0.29) is 11.7 Å². The molecule has 0 saturated carbocycles. The Bertz CT molecular complexity index is 525. The van der Waals surface area contributed by atoms with Crippen molar-refractivity contribution in [3.63, 3.8) is 0 Å². The van der Waals surface area contributed by atoms with Crippen molar-refractivity contribution in [1.82, 2.24) is 5.32 Å².